The number of hydrogen-bond donors (Lipinski definition) is 1. The molecule has 1 N–H and O–H groups in total. The van der Waals surface area contributed by atoms with Crippen molar-refractivity contribution in [2.45, 2.75) is 107 Å². The van der Waals surface area contributed by atoms with Gasteiger partial charge in [0.2, 0.25) is 0 Å². The summed E-state index contributed by atoms with van der Waals surface area (Å²) in [6, 6.07) is 16.6. The van der Waals surface area contributed by atoms with E-state index in [9.17, 15) is 5.11 Å². The Morgan fingerprint density at radius 3 is 1.88 bits per heavy atom. The smallest absolute Gasteiger partial charge is 0.302 e. The average molecular weight is 655 g/mol. The molecule has 0 aromatic heterocycles. The quantitative estimate of drug-likeness (QED) is 0.0649. The molecule has 41 heavy (non-hydrogen) atoms. The van der Waals surface area contributed by atoms with Crippen LogP contribution in [0.1, 0.15) is 102 Å². The van der Waals surface area contributed by atoms with Crippen molar-refractivity contribution in [1.29, 1.82) is 0 Å². The number of para-hydroxylation sites is 1. The number of aliphatic hydroxyl groups excluding tert-OH is 1. The van der Waals surface area contributed by atoms with E-state index in [0.717, 1.165) is 33.5 Å². The summed E-state index contributed by atoms with van der Waals surface area (Å²) in [6.45, 7) is 8.09. The van der Waals surface area contributed by atoms with Crippen molar-refractivity contribution in [1.82, 2.24) is 0 Å². The van der Waals surface area contributed by atoms with Crippen LogP contribution in [0.15, 0.2) is 65.8 Å². The highest BCUT2D eigenvalue weighted by Crippen LogP contribution is 2.64. The van der Waals surface area contributed by atoms with E-state index in [0.29, 0.717) is 0 Å². The fourth-order valence-corrected chi connectivity index (χ4v) is 10.9. The van der Waals surface area contributed by atoms with E-state index in [-0.39, 0.29) is 12.4 Å². The maximum Gasteiger partial charge on any atom is 0.302 e. The fraction of sp³-hybridized carbons (Fsp3) is 0.576. The predicted molar refractivity (Wildman–Crippen MR) is 190 cm³/mol. The monoisotopic (exact) mass is 654 g/mol. The lowest BCUT2D eigenvalue weighted by molar-refractivity contribution is 0.277. The molecule has 0 aliphatic rings. The van der Waals surface area contributed by atoms with E-state index >= 15 is 0 Å². The highest BCUT2D eigenvalue weighted by molar-refractivity contribution is 8.68. The third kappa shape index (κ3) is 16.8. The molecule has 0 saturated carbocycles. The van der Waals surface area contributed by atoms with Gasteiger partial charge in [-0.05, 0) is 65.2 Å². The molecular formula is C33H51O3PS4. The second-order valence-electron chi connectivity index (χ2n) is 10.3. The maximum absolute atomic E-state index is 9.81. The van der Waals surface area contributed by atoms with E-state index in [1.807, 2.05) is 41.7 Å². The molecule has 2 aromatic carbocycles. The summed E-state index contributed by atoms with van der Waals surface area (Å²) >= 11 is 11.5. The molecule has 0 aliphatic heterocycles. The van der Waals surface area contributed by atoms with Crippen LogP contribution in [0.5, 0.6) is 5.75 Å². The zero-order valence-electron chi connectivity index (χ0n) is 25.2. The Morgan fingerprint density at radius 1 is 0.756 bits per heavy atom. The van der Waals surface area contributed by atoms with E-state index in [2.05, 4.69) is 50.8 Å². The van der Waals surface area contributed by atoms with Crippen LogP contribution in [0.25, 0.3) is 0 Å². The van der Waals surface area contributed by atoms with Crippen molar-refractivity contribution in [2.75, 3.05) is 18.1 Å². The van der Waals surface area contributed by atoms with Crippen molar-refractivity contribution in [2.24, 2.45) is 0 Å². The molecule has 0 amide bonds. The number of benzene rings is 2. The topological polar surface area (TPSA) is 38.7 Å². The Hall–Kier alpha value is -0.560. The molecule has 230 valence electrons. The molecule has 0 radical (unpaired) electrons. The normalized spacial score (nSPS) is 12.7. The number of unbranched alkanes of at least 4 members (excludes halogenated alkanes) is 10. The van der Waals surface area contributed by atoms with Gasteiger partial charge in [-0.1, -0.05) is 121 Å². The summed E-state index contributed by atoms with van der Waals surface area (Å²) < 4.78 is 12.6. The summed E-state index contributed by atoms with van der Waals surface area (Å²) in [6.07, 6.45) is 15.8. The third-order valence-corrected chi connectivity index (χ3v) is 13.4. The maximum atomic E-state index is 9.81. The van der Waals surface area contributed by atoms with Crippen molar-refractivity contribution < 1.29 is 14.2 Å². The van der Waals surface area contributed by atoms with E-state index < -0.39 is 5.69 Å². The first-order chi connectivity index (χ1) is 20.0. The Labute approximate surface area is 268 Å². The third-order valence-electron chi connectivity index (χ3n) is 6.55. The van der Waals surface area contributed by atoms with Crippen LogP contribution < -0.4 is 4.52 Å². The molecule has 1 unspecified atom stereocenters. The molecule has 0 saturated heterocycles. The van der Waals surface area contributed by atoms with Crippen molar-refractivity contribution in [3.05, 3.63) is 72.0 Å². The van der Waals surface area contributed by atoms with E-state index in [1.54, 1.807) is 0 Å². The summed E-state index contributed by atoms with van der Waals surface area (Å²) in [5.74, 6) is 4.86. The predicted octanol–water partition coefficient (Wildman–Crippen LogP) is 12.4. The molecule has 3 nitrogen and oxygen atoms in total. The molecule has 1 atom stereocenters. The Morgan fingerprint density at radius 2 is 1.27 bits per heavy atom. The molecule has 0 bridgehead atoms. The highest BCUT2D eigenvalue weighted by Gasteiger charge is 2.26. The van der Waals surface area contributed by atoms with Crippen LogP contribution in [-0.2, 0) is 27.8 Å². The summed E-state index contributed by atoms with van der Waals surface area (Å²) in [5.41, 5.74) is -0.499. The van der Waals surface area contributed by atoms with Gasteiger partial charge in [0, 0.05) is 22.0 Å². The van der Waals surface area contributed by atoms with Crippen molar-refractivity contribution >= 4 is 52.4 Å². The number of aliphatic hydroxyl groups is 1. The van der Waals surface area contributed by atoms with Crippen LogP contribution in [0.3, 0.4) is 0 Å². The fourth-order valence-electron chi connectivity index (χ4n) is 4.22. The minimum Gasteiger partial charge on any atom is -0.510 e. The molecular weight excluding hydrogens is 604 g/mol. The first kappa shape index (κ1) is 36.6. The number of thioether (sulfide) groups is 2. The van der Waals surface area contributed by atoms with Crippen LogP contribution in [0.4, 0.5) is 0 Å². The van der Waals surface area contributed by atoms with E-state index in [1.165, 1.54) is 99.7 Å². The summed E-state index contributed by atoms with van der Waals surface area (Å²) in [7, 11) is 0. The van der Waals surface area contributed by atoms with Gasteiger partial charge in [-0.25, -0.2) is 0 Å². The zero-order valence-corrected chi connectivity index (χ0v) is 29.4. The lowest BCUT2D eigenvalue weighted by atomic mass is 10.1. The van der Waals surface area contributed by atoms with Gasteiger partial charge < -0.3 is 14.2 Å². The van der Waals surface area contributed by atoms with Crippen LogP contribution in [-0.4, -0.2) is 23.2 Å². The molecule has 0 aliphatic carbocycles. The van der Waals surface area contributed by atoms with Crippen LogP contribution in [0, 0.1) is 0 Å². The van der Waals surface area contributed by atoms with E-state index in [4.69, 9.17) is 20.9 Å². The zero-order chi connectivity index (χ0) is 29.6. The lowest BCUT2D eigenvalue weighted by Gasteiger charge is -2.24. The highest BCUT2D eigenvalue weighted by atomic mass is 32.9. The van der Waals surface area contributed by atoms with Gasteiger partial charge in [0.25, 0.3) is 0 Å². The Bertz CT molecular complexity index is 964. The second-order valence-corrected chi connectivity index (χ2v) is 18.6. The van der Waals surface area contributed by atoms with Gasteiger partial charge in [-0.3, -0.25) is 0 Å². The van der Waals surface area contributed by atoms with Gasteiger partial charge in [-0.15, -0.1) is 0 Å². The second kappa shape index (κ2) is 22.9. The number of hydrogen-bond acceptors (Lipinski definition) is 7. The van der Waals surface area contributed by atoms with Gasteiger partial charge in [0.1, 0.15) is 18.1 Å². The SMILES string of the molecule is C=C(O)COP(=S)(Oc1ccccc1CSCCCCCCCC)Sc1ccccc1CSCCCCCCCC. The summed E-state index contributed by atoms with van der Waals surface area (Å²) in [5, 5.41) is 9.81. The standard InChI is InChI=1S/C33H51O3PS4/c1-4-6-8-10-12-18-24-39-27-30-20-14-16-22-32(30)36-37(38,35-26-29(3)34)41-33-23-17-15-21-31(33)28-40-25-19-13-11-9-7-5-2/h14-17,20-23,34H,3-13,18-19,24-28H2,1-2H3. The van der Waals surface area contributed by atoms with Crippen LogP contribution >= 0.6 is 40.6 Å². The molecule has 0 heterocycles. The minimum absolute atomic E-state index is 0.0336. The van der Waals surface area contributed by atoms with Crippen molar-refractivity contribution in [3.63, 3.8) is 0 Å². The molecule has 2 aromatic rings. The average Bonchev–Trinajstić information content (AvgIpc) is 2.96. The first-order valence-electron chi connectivity index (χ1n) is 15.3. The first-order valence-corrected chi connectivity index (χ1v) is 21.7. The Kier molecular flexibility index (Phi) is 20.5. The summed E-state index contributed by atoms with van der Waals surface area (Å²) in [4.78, 5) is 1.09. The van der Waals surface area contributed by atoms with Gasteiger partial charge in [0.15, 0.2) is 0 Å². The molecule has 0 spiro atoms. The molecule has 8 heteroatoms. The Balaban J connectivity index is 2.00. The minimum atomic E-state index is -2.88. The lowest BCUT2D eigenvalue weighted by Crippen LogP contribution is -2.01. The molecule has 2 rings (SSSR count). The van der Waals surface area contributed by atoms with Gasteiger partial charge in [-0.2, -0.15) is 23.5 Å². The molecule has 0 fully saturated rings. The van der Waals surface area contributed by atoms with Crippen LogP contribution in [0.2, 0.25) is 0 Å². The van der Waals surface area contributed by atoms with Crippen molar-refractivity contribution in [3.8, 4) is 5.75 Å². The number of rotatable bonds is 25. The van der Waals surface area contributed by atoms with Gasteiger partial charge >= 0.3 is 5.69 Å². The largest absolute Gasteiger partial charge is 0.510 e. The van der Waals surface area contributed by atoms with Gasteiger partial charge in [0.05, 0.1) is 0 Å².